The second-order valence-electron chi connectivity index (χ2n) is 5.81. The van der Waals surface area contributed by atoms with E-state index in [-0.39, 0.29) is 16.9 Å². The van der Waals surface area contributed by atoms with E-state index in [0.717, 1.165) is 16.6 Å². The van der Waals surface area contributed by atoms with Crippen LogP contribution in [0, 0.1) is 5.41 Å². The summed E-state index contributed by atoms with van der Waals surface area (Å²) in [6.07, 6.45) is 1.26. The van der Waals surface area contributed by atoms with E-state index in [1.54, 1.807) is 0 Å². The highest BCUT2D eigenvalue weighted by Gasteiger charge is 2.42. The third-order valence-corrected chi connectivity index (χ3v) is 6.16. The Labute approximate surface area is 118 Å². The molecule has 1 aromatic carbocycles. The fourth-order valence-corrected chi connectivity index (χ4v) is 5.32. The normalized spacial score (nSPS) is 25.3. The van der Waals surface area contributed by atoms with Crippen LogP contribution >= 0.6 is 0 Å². The Balaban J connectivity index is 2.01. The van der Waals surface area contributed by atoms with Gasteiger partial charge in [0.05, 0.1) is 22.7 Å². The molecule has 0 bridgehead atoms. The topological polar surface area (TPSA) is 78.0 Å². The van der Waals surface area contributed by atoms with Crippen LogP contribution in [0.3, 0.4) is 0 Å². The molecule has 1 atom stereocenters. The van der Waals surface area contributed by atoms with E-state index in [2.05, 4.69) is 5.10 Å². The minimum absolute atomic E-state index is 0.182. The van der Waals surface area contributed by atoms with E-state index in [0.29, 0.717) is 19.4 Å². The number of nitrogens with two attached hydrogens (primary N) is 1. The molecule has 0 amide bonds. The molecule has 0 radical (unpaired) electrons. The summed E-state index contributed by atoms with van der Waals surface area (Å²) in [6, 6.07) is 8.01. The van der Waals surface area contributed by atoms with Crippen LogP contribution in [0.1, 0.15) is 12.1 Å². The maximum atomic E-state index is 11.8. The van der Waals surface area contributed by atoms with Crippen LogP contribution in [-0.2, 0) is 23.3 Å². The van der Waals surface area contributed by atoms with Crippen LogP contribution in [0.25, 0.3) is 10.9 Å². The highest BCUT2D eigenvalue weighted by molar-refractivity contribution is 7.91. The summed E-state index contributed by atoms with van der Waals surface area (Å²) in [4.78, 5) is 0. The van der Waals surface area contributed by atoms with Gasteiger partial charge in [-0.3, -0.25) is 4.68 Å². The van der Waals surface area contributed by atoms with Gasteiger partial charge in [-0.15, -0.1) is 0 Å². The molecule has 1 aromatic heterocycles. The van der Waals surface area contributed by atoms with Gasteiger partial charge in [0.15, 0.2) is 9.84 Å². The van der Waals surface area contributed by atoms with Crippen LogP contribution in [0.4, 0.5) is 0 Å². The van der Waals surface area contributed by atoms with Crippen molar-refractivity contribution in [3.05, 3.63) is 30.0 Å². The van der Waals surface area contributed by atoms with Gasteiger partial charge in [0.2, 0.25) is 0 Å². The van der Waals surface area contributed by atoms with Gasteiger partial charge in [-0.2, -0.15) is 5.10 Å². The SMILES string of the molecule is Cn1nc(CC2(CN)CCS(=O)(=O)C2)c2ccccc21. The molecule has 3 rings (SSSR count). The molecule has 1 unspecified atom stereocenters. The van der Waals surface area contributed by atoms with Gasteiger partial charge >= 0.3 is 0 Å². The summed E-state index contributed by atoms with van der Waals surface area (Å²) in [6.45, 7) is 0.386. The average Bonchev–Trinajstić information content (AvgIpc) is 2.90. The Kier molecular flexibility index (Phi) is 3.10. The maximum Gasteiger partial charge on any atom is 0.150 e. The molecule has 20 heavy (non-hydrogen) atoms. The molecule has 2 heterocycles. The third kappa shape index (κ3) is 2.23. The van der Waals surface area contributed by atoms with Gasteiger partial charge in [-0.05, 0) is 25.5 Å². The lowest BCUT2D eigenvalue weighted by Crippen LogP contribution is -2.34. The first-order valence-electron chi connectivity index (χ1n) is 6.76. The molecule has 2 N–H and O–H groups in total. The van der Waals surface area contributed by atoms with Gasteiger partial charge in [0.25, 0.3) is 0 Å². The van der Waals surface area contributed by atoms with E-state index in [1.807, 2.05) is 36.0 Å². The molecule has 1 fully saturated rings. The summed E-state index contributed by atoms with van der Waals surface area (Å²) < 4.78 is 25.4. The molecule has 2 aromatic rings. The molecule has 108 valence electrons. The number of aryl methyl sites for hydroxylation is 1. The first kappa shape index (κ1) is 13.6. The minimum Gasteiger partial charge on any atom is -0.330 e. The first-order chi connectivity index (χ1) is 9.45. The van der Waals surface area contributed by atoms with E-state index in [1.165, 1.54) is 0 Å². The largest absolute Gasteiger partial charge is 0.330 e. The number of para-hydroxylation sites is 1. The van der Waals surface area contributed by atoms with E-state index < -0.39 is 9.84 Å². The highest BCUT2D eigenvalue weighted by atomic mass is 32.2. The predicted molar refractivity (Wildman–Crippen MR) is 79.2 cm³/mol. The molecule has 1 aliphatic heterocycles. The van der Waals surface area contributed by atoms with Crippen molar-refractivity contribution in [2.75, 3.05) is 18.1 Å². The molecule has 6 heteroatoms. The summed E-state index contributed by atoms with van der Waals surface area (Å²) in [5, 5.41) is 5.65. The molecule has 0 saturated carbocycles. The Bertz CT molecular complexity index is 751. The summed E-state index contributed by atoms with van der Waals surface area (Å²) in [7, 11) is -1.04. The Morgan fingerprint density at radius 3 is 2.80 bits per heavy atom. The fraction of sp³-hybridized carbons (Fsp3) is 0.500. The lowest BCUT2D eigenvalue weighted by Gasteiger charge is -2.24. The minimum atomic E-state index is -2.95. The average molecular weight is 293 g/mol. The van der Waals surface area contributed by atoms with Crippen LogP contribution in [0.2, 0.25) is 0 Å². The lowest BCUT2D eigenvalue weighted by molar-refractivity contribution is 0.341. The van der Waals surface area contributed by atoms with E-state index in [4.69, 9.17) is 5.73 Å². The van der Waals surface area contributed by atoms with Crippen molar-refractivity contribution >= 4 is 20.7 Å². The fourth-order valence-electron chi connectivity index (χ4n) is 3.13. The standard InChI is InChI=1S/C14H19N3O2S/c1-17-13-5-3-2-4-11(13)12(16-17)8-14(9-15)6-7-20(18,19)10-14/h2-5H,6-10,15H2,1H3. The van der Waals surface area contributed by atoms with Crippen molar-refractivity contribution in [3.8, 4) is 0 Å². The number of rotatable bonds is 3. The smallest absolute Gasteiger partial charge is 0.150 e. The van der Waals surface area contributed by atoms with Crippen LogP contribution in [-0.4, -0.2) is 36.2 Å². The van der Waals surface area contributed by atoms with Gasteiger partial charge in [0, 0.05) is 17.8 Å². The molecule has 0 aliphatic carbocycles. The molecule has 1 aliphatic rings. The Morgan fingerprint density at radius 2 is 2.15 bits per heavy atom. The molecular formula is C14H19N3O2S. The summed E-state index contributed by atoms with van der Waals surface area (Å²) >= 11 is 0. The second kappa shape index (κ2) is 4.56. The predicted octanol–water partition coefficient (Wildman–Crippen LogP) is 0.879. The van der Waals surface area contributed by atoms with Crippen molar-refractivity contribution in [2.24, 2.45) is 18.2 Å². The van der Waals surface area contributed by atoms with Crippen molar-refractivity contribution in [3.63, 3.8) is 0 Å². The second-order valence-corrected chi connectivity index (χ2v) is 7.99. The Hall–Kier alpha value is -1.40. The number of benzene rings is 1. The van der Waals surface area contributed by atoms with E-state index in [9.17, 15) is 8.42 Å². The number of aromatic nitrogens is 2. The number of nitrogens with zero attached hydrogens (tertiary/aromatic N) is 2. The number of hydrogen-bond donors (Lipinski definition) is 1. The number of sulfone groups is 1. The van der Waals surface area contributed by atoms with Gasteiger partial charge in [-0.1, -0.05) is 18.2 Å². The zero-order valence-electron chi connectivity index (χ0n) is 11.5. The van der Waals surface area contributed by atoms with Crippen LogP contribution in [0.15, 0.2) is 24.3 Å². The molecule has 1 saturated heterocycles. The molecular weight excluding hydrogens is 274 g/mol. The van der Waals surface area contributed by atoms with Crippen molar-refractivity contribution < 1.29 is 8.42 Å². The van der Waals surface area contributed by atoms with E-state index >= 15 is 0 Å². The van der Waals surface area contributed by atoms with Crippen LogP contribution < -0.4 is 5.73 Å². The number of fused-ring (bicyclic) bond motifs is 1. The first-order valence-corrected chi connectivity index (χ1v) is 8.58. The van der Waals surface area contributed by atoms with Crippen LogP contribution in [0.5, 0.6) is 0 Å². The quantitative estimate of drug-likeness (QED) is 0.911. The van der Waals surface area contributed by atoms with Crippen molar-refractivity contribution in [1.29, 1.82) is 0 Å². The third-order valence-electron chi connectivity index (χ3n) is 4.28. The molecule has 5 nitrogen and oxygen atoms in total. The van der Waals surface area contributed by atoms with Gasteiger partial charge in [-0.25, -0.2) is 8.42 Å². The maximum absolute atomic E-state index is 11.8. The zero-order chi connectivity index (χ0) is 14.4. The van der Waals surface area contributed by atoms with Gasteiger partial charge in [0.1, 0.15) is 0 Å². The number of hydrogen-bond acceptors (Lipinski definition) is 4. The Morgan fingerprint density at radius 1 is 1.40 bits per heavy atom. The van der Waals surface area contributed by atoms with Gasteiger partial charge < -0.3 is 5.73 Å². The summed E-state index contributed by atoms with van der Waals surface area (Å²) in [5.41, 5.74) is 7.55. The summed E-state index contributed by atoms with van der Waals surface area (Å²) in [5.74, 6) is 0.427. The highest BCUT2D eigenvalue weighted by Crippen LogP contribution is 2.36. The lowest BCUT2D eigenvalue weighted by atomic mass is 9.82. The molecule has 0 spiro atoms. The zero-order valence-corrected chi connectivity index (χ0v) is 12.4. The van der Waals surface area contributed by atoms with Crippen molar-refractivity contribution in [1.82, 2.24) is 9.78 Å². The monoisotopic (exact) mass is 293 g/mol. The van der Waals surface area contributed by atoms with Crippen molar-refractivity contribution in [2.45, 2.75) is 12.8 Å².